The van der Waals surface area contributed by atoms with E-state index in [9.17, 15) is 0 Å². The largest absolute Gasteiger partial charge is 0.516 e. The molecule has 0 atom stereocenters. The van der Waals surface area contributed by atoms with Gasteiger partial charge in [0.15, 0.2) is 0 Å². The Bertz CT molecular complexity index is 94.9. The van der Waals surface area contributed by atoms with Gasteiger partial charge in [-0.1, -0.05) is 47.8 Å². The van der Waals surface area contributed by atoms with E-state index in [1.54, 1.807) is 6.08 Å². The van der Waals surface area contributed by atoms with Crippen LogP contribution in [0, 0.1) is 0 Å². The predicted molar refractivity (Wildman–Crippen MR) is 50.5 cm³/mol. The molecule has 0 aromatic heterocycles. The van der Waals surface area contributed by atoms with E-state index in [0.717, 1.165) is 19.1 Å². The zero-order chi connectivity index (χ0) is 7.33. The molecule has 0 bridgehead atoms. The maximum atomic E-state index is 8.24. The molecular weight excluding hydrogens is 316 g/mol. The minimum Gasteiger partial charge on any atom is -0.516 e. The Morgan fingerprint density at radius 3 is 2.22 bits per heavy atom. The lowest BCUT2D eigenvalue weighted by atomic mass is 10.3. The van der Waals surface area contributed by atoms with Crippen molar-refractivity contribution < 1.29 is 5.11 Å². The summed E-state index contributed by atoms with van der Waals surface area (Å²) in [7, 11) is 0. The highest BCUT2D eigenvalue weighted by Crippen LogP contribution is 2.37. The Morgan fingerprint density at radius 1 is 1.33 bits per heavy atom. The maximum absolute atomic E-state index is 8.24. The average Bonchev–Trinajstić information content (AvgIpc) is 1.63. The fourth-order valence-electron chi connectivity index (χ4n) is 0.322. The summed E-state index contributed by atoms with van der Waals surface area (Å²) < 4.78 is -0.174. The fraction of sp³-hybridized carbons (Fsp3) is 0.600. The van der Waals surface area contributed by atoms with Crippen molar-refractivity contribution in [3.63, 3.8) is 0 Å². The summed E-state index contributed by atoms with van der Waals surface area (Å²) in [5, 5.41) is 8.24. The number of hydrogen-bond donors (Lipinski definition) is 1. The Morgan fingerprint density at radius 2 is 1.89 bits per heavy atom. The van der Waals surface area contributed by atoms with Crippen molar-refractivity contribution >= 4 is 47.8 Å². The van der Waals surface area contributed by atoms with Crippen LogP contribution < -0.4 is 0 Å². The first kappa shape index (κ1) is 9.98. The zero-order valence-electron chi connectivity index (χ0n) is 4.65. The first-order valence-corrected chi connectivity index (χ1v) is 4.80. The van der Waals surface area contributed by atoms with Crippen molar-refractivity contribution in [1.29, 1.82) is 0 Å². The standard InChI is InChI=1S/C5H7Br3O/c6-5(7,8)3-1-2-4-9/h2,4,9H,1,3H2. The van der Waals surface area contributed by atoms with Crippen molar-refractivity contribution in [2.75, 3.05) is 0 Å². The molecule has 1 nitrogen and oxygen atoms in total. The molecule has 0 saturated carbocycles. The molecule has 0 aliphatic heterocycles. The number of alkyl halides is 3. The van der Waals surface area contributed by atoms with E-state index in [1.807, 2.05) is 0 Å². The second-order valence-corrected chi connectivity index (χ2v) is 8.79. The van der Waals surface area contributed by atoms with Crippen LogP contribution in [0.15, 0.2) is 12.3 Å². The van der Waals surface area contributed by atoms with Gasteiger partial charge in [0.25, 0.3) is 0 Å². The highest BCUT2D eigenvalue weighted by Gasteiger charge is 2.15. The van der Waals surface area contributed by atoms with E-state index in [0.29, 0.717) is 0 Å². The number of rotatable bonds is 2. The van der Waals surface area contributed by atoms with Gasteiger partial charge < -0.3 is 5.11 Å². The summed E-state index contributed by atoms with van der Waals surface area (Å²) in [6, 6.07) is 0. The Kier molecular flexibility index (Phi) is 5.26. The van der Waals surface area contributed by atoms with Gasteiger partial charge in [-0.25, -0.2) is 0 Å². The molecule has 0 aromatic rings. The number of allylic oxidation sites excluding steroid dienone is 1. The van der Waals surface area contributed by atoms with Crippen LogP contribution in [-0.4, -0.2) is 7.25 Å². The van der Waals surface area contributed by atoms with E-state index >= 15 is 0 Å². The number of aliphatic hydroxyl groups excluding tert-OH is 1. The summed E-state index contributed by atoms with van der Waals surface area (Å²) in [4.78, 5) is 0. The van der Waals surface area contributed by atoms with Crippen molar-refractivity contribution in [2.45, 2.75) is 15.0 Å². The molecule has 9 heavy (non-hydrogen) atoms. The number of halogens is 3. The first-order chi connectivity index (χ1) is 4.06. The molecule has 1 N–H and O–H groups in total. The quantitative estimate of drug-likeness (QED) is 0.607. The summed E-state index contributed by atoms with van der Waals surface area (Å²) >= 11 is 9.98. The van der Waals surface area contributed by atoms with Crippen molar-refractivity contribution in [2.24, 2.45) is 0 Å². The van der Waals surface area contributed by atoms with Gasteiger partial charge in [0.1, 0.15) is 2.14 Å². The molecule has 0 heterocycles. The lowest BCUT2D eigenvalue weighted by molar-refractivity contribution is 0.470. The van der Waals surface area contributed by atoms with Crippen LogP contribution in [0.1, 0.15) is 12.8 Å². The van der Waals surface area contributed by atoms with Crippen LogP contribution in [0.25, 0.3) is 0 Å². The van der Waals surface area contributed by atoms with Gasteiger partial charge in [0.2, 0.25) is 0 Å². The minimum absolute atomic E-state index is 0.174. The third-order valence-electron chi connectivity index (χ3n) is 0.700. The van der Waals surface area contributed by atoms with Gasteiger partial charge in [0.05, 0.1) is 6.26 Å². The van der Waals surface area contributed by atoms with Gasteiger partial charge in [0, 0.05) is 0 Å². The van der Waals surface area contributed by atoms with Crippen LogP contribution in [0.4, 0.5) is 0 Å². The second kappa shape index (κ2) is 4.74. The van der Waals surface area contributed by atoms with E-state index in [2.05, 4.69) is 47.8 Å². The number of aliphatic hydroxyl groups is 1. The summed E-state index contributed by atoms with van der Waals surface area (Å²) in [6.45, 7) is 0. The Balaban J connectivity index is 3.28. The molecule has 0 amide bonds. The van der Waals surface area contributed by atoms with Gasteiger partial charge in [-0.3, -0.25) is 0 Å². The molecule has 4 heteroatoms. The third kappa shape index (κ3) is 8.98. The smallest absolute Gasteiger partial charge is 0.135 e. The van der Waals surface area contributed by atoms with Crippen LogP contribution in [0.3, 0.4) is 0 Å². The highest BCUT2D eigenvalue weighted by molar-refractivity contribution is 9.39. The second-order valence-electron chi connectivity index (χ2n) is 1.54. The molecule has 0 fully saturated rings. The minimum atomic E-state index is -0.174. The zero-order valence-corrected chi connectivity index (χ0v) is 9.41. The van der Waals surface area contributed by atoms with E-state index in [4.69, 9.17) is 5.11 Å². The van der Waals surface area contributed by atoms with Crippen LogP contribution in [0.2, 0.25) is 0 Å². The summed E-state index contributed by atoms with van der Waals surface area (Å²) in [5.74, 6) is 0. The topological polar surface area (TPSA) is 20.2 Å². The monoisotopic (exact) mass is 320 g/mol. The Hall–Kier alpha value is 0.980. The van der Waals surface area contributed by atoms with E-state index in [1.165, 1.54) is 0 Å². The van der Waals surface area contributed by atoms with Crippen LogP contribution in [-0.2, 0) is 0 Å². The molecule has 0 aromatic carbocycles. The van der Waals surface area contributed by atoms with Crippen molar-refractivity contribution in [1.82, 2.24) is 0 Å². The lowest BCUT2D eigenvalue weighted by Crippen LogP contribution is -1.96. The van der Waals surface area contributed by atoms with Gasteiger partial charge in [-0.15, -0.1) is 0 Å². The van der Waals surface area contributed by atoms with Crippen LogP contribution in [0.5, 0.6) is 0 Å². The molecule has 0 radical (unpaired) electrons. The summed E-state index contributed by atoms with van der Waals surface area (Å²) in [6.07, 6.45) is 4.46. The fourth-order valence-corrected chi connectivity index (χ4v) is 1.01. The van der Waals surface area contributed by atoms with Crippen molar-refractivity contribution in [3.8, 4) is 0 Å². The van der Waals surface area contributed by atoms with Gasteiger partial charge >= 0.3 is 0 Å². The molecule has 54 valence electrons. The summed E-state index contributed by atoms with van der Waals surface area (Å²) in [5.41, 5.74) is 0. The van der Waals surface area contributed by atoms with Crippen molar-refractivity contribution in [3.05, 3.63) is 12.3 Å². The van der Waals surface area contributed by atoms with E-state index in [-0.39, 0.29) is 2.14 Å². The predicted octanol–water partition coefficient (Wildman–Crippen LogP) is 3.68. The Labute approximate surface area is 79.9 Å². The average molecular weight is 323 g/mol. The van der Waals surface area contributed by atoms with Crippen LogP contribution >= 0.6 is 47.8 Å². The maximum Gasteiger partial charge on any atom is 0.135 e. The molecule has 0 rings (SSSR count). The van der Waals surface area contributed by atoms with Gasteiger partial charge in [-0.05, 0) is 18.9 Å². The molecule has 0 aliphatic carbocycles. The SMILES string of the molecule is OC=CCCC(Br)(Br)Br. The molecule has 0 saturated heterocycles. The third-order valence-corrected chi connectivity index (χ3v) is 1.89. The molecule has 0 spiro atoms. The van der Waals surface area contributed by atoms with E-state index < -0.39 is 0 Å². The molecule has 0 unspecified atom stereocenters. The highest BCUT2D eigenvalue weighted by atomic mass is 80.0. The molecular formula is C5H7Br3O. The lowest BCUT2D eigenvalue weighted by Gasteiger charge is -2.08. The van der Waals surface area contributed by atoms with Gasteiger partial charge in [-0.2, -0.15) is 0 Å². The first-order valence-electron chi connectivity index (χ1n) is 2.42. The normalized spacial score (nSPS) is 12.8. The number of hydrogen-bond acceptors (Lipinski definition) is 1. The molecule has 0 aliphatic rings.